The maximum absolute atomic E-state index is 11.8. The average Bonchev–Trinajstić information content (AvgIpc) is 2.73. The van der Waals surface area contributed by atoms with Crippen LogP contribution < -0.4 is 0 Å². The molecule has 0 atom stereocenters. The van der Waals surface area contributed by atoms with E-state index in [1.165, 1.54) is 4.68 Å². The predicted molar refractivity (Wildman–Crippen MR) is 57.9 cm³/mol. The van der Waals surface area contributed by atoms with Crippen molar-refractivity contribution in [2.45, 2.75) is 0 Å². The first-order chi connectivity index (χ1) is 6.68. The van der Waals surface area contributed by atoms with Crippen molar-refractivity contribution in [3.8, 4) is 0 Å². The lowest BCUT2D eigenvalue weighted by atomic mass is 10.4. The molecule has 0 aromatic carbocycles. The molecular weight excluding hydrogens is 295 g/mol. The van der Waals surface area contributed by atoms with Crippen LogP contribution in [0, 0.1) is 3.57 Å². The number of hydrogen-bond acceptors (Lipinski definition) is 3. The van der Waals surface area contributed by atoms with Crippen LogP contribution >= 0.6 is 22.6 Å². The van der Waals surface area contributed by atoms with Gasteiger partial charge < -0.3 is 0 Å². The minimum atomic E-state index is -0.208. The third-order valence-electron chi connectivity index (χ3n) is 1.70. The summed E-state index contributed by atoms with van der Waals surface area (Å²) in [5.41, 5.74) is 0.428. The van der Waals surface area contributed by atoms with Crippen molar-refractivity contribution in [3.63, 3.8) is 0 Å². The van der Waals surface area contributed by atoms with Gasteiger partial charge in [0.2, 0.25) is 0 Å². The molecule has 0 saturated carbocycles. The monoisotopic (exact) mass is 302 g/mol. The molecule has 2 heterocycles. The zero-order valence-electron chi connectivity index (χ0n) is 7.38. The van der Waals surface area contributed by atoms with E-state index in [0.29, 0.717) is 5.69 Å². The summed E-state index contributed by atoms with van der Waals surface area (Å²) in [5, 5.41) is 7.92. The molecule has 2 aromatic heterocycles. The van der Waals surface area contributed by atoms with E-state index in [1.807, 2.05) is 0 Å². The first-order valence-electron chi connectivity index (χ1n) is 3.92. The highest BCUT2D eigenvalue weighted by Gasteiger charge is 2.15. The van der Waals surface area contributed by atoms with E-state index >= 15 is 0 Å². The fraction of sp³-hybridized carbons (Fsp3) is 0.125. The molecule has 0 spiro atoms. The molecule has 0 radical (unpaired) electrons. The summed E-state index contributed by atoms with van der Waals surface area (Å²) in [4.78, 5) is 11.8. The summed E-state index contributed by atoms with van der Waals surface area (Å²) in [6.07, 6.45) is 4.96. The second kappa shape index (κ2) is 3.52. The van der Waals surface area contributed by atoms with Gasteiger partial charge in [0.15, 0.2) is 5.69 Å². The van der Waals surface area contributed by atoms with Gasteiger partial charge in [-0.3, -0.25) is 9.48 Å². The summed E-state index contributed by atoms with van der Waals surface area (Å²) in [5.74, 6) is -0.208. The van der Waals surface area contributed by atoms with Gasteiger partial charge in [-0.2, -0.15) is 10.2 Å². The van der Waals surface area contributed by atoms with Crippen molar-refractivity contribution >= 4 is 28.5 Å². The van der Waals surface area contributed by atoms with Gasteiger partial charge in [-0.15, -0.1) is 0 Å². The highest BCUT2D eigenvalue weighted by Crippen LogP contribution is 2.10. The Hall–Kier alpha value is -1.18. The van der Waals surface area contributed by atoms with E-state index in [9.17, 15) is 4.79 Å². The van der Waals surface area contributed by atoms with Crippen LogP contribution in [0.25, 0.3) is 0 Å². The molecule has 0 aliphatic rings. The third kappa shape index (κ3) is 1.57. The van der Waals surface area contributed by atoms with Gasteiger partial charge in [0, 0.05) is 25.6 Å². The molecule has 14 heavy (non-hydrogen) atoms. The third-order valence-corrected chi connectivity index (χ3v) is 2.49. The quantitative estimate of drug-likeness (QED) is 0.736. The van der Waals surface area contributed by atoms with Gasteiger partial charge in [0.05, 0.1) is 3.57 Å². The minimum absolute atomic E-state index is 0.208. The van der Waals surface area contributed by atoms with Crippen molar-refractivity contribution < 1.29 is 4.79 Å². The highest BCUT2D eigenvalue weighted by atomic mass is 127. The summed E-state index contributed by atoms with van der Waals surface area (Å²) in [7, 11) is 1.78. The second-order valence-electron chi connectivity index (χ2n) is 2.76. The first kappa shape index (κ1) is 9.38. The highest BCUT2D eigenvalue weighted by molar-refractivity contribution is 14.1. The van der Waals surface area contributed by atoms with Crippen LogP contribution in [0.15, 0.2) is 24.7 Å². The number of aromatic nitrogens is 4. The molecular formula is C8H7IN4O. The van der Waals surface area contributed by atoms with Gasteiger partial charge in [-0.25, -0.2) is 4.68 Å². The summed E-state index contributed by atoms with van der Waals surface area (Å²) in [6.45, 7) is 0. The molecule has 0 unspecified atom stereocenters. The van der Waals surface area contributed by atoms with E-state index < -0.39 is 0 Å². The lowest BCUT2D eigenvalue weighted by Gasteiger charge is -1.95. The average molecular weight is 302 g/mol. The lowest BCUT2D eigenvalue weighted by Crippen LogP contribution is -2.14. The first-order valence-corrected chi connectivity index (χ1v) is 5.00. The summed E-state index contributed by atoms with van der Waals surface area (Å²) in [6, 6.07) is 1.70. The van der Waals surface area contributed by atoms with Gasteiger partial charge in [-0.1, -0.05) is 0 Å². The molecule has 0 N–H and O–H groups in total. The molecule has 0 saturated heterocycles. The van der Waals surface area contributed by atoms with Crippen LogP contribution in [0.3, 0.4) is 0 Å². The molecule has 2 aromatic rings. The Balaban J connectivity index is 2.41. The molecule has 6 heteroatoms. The Morgan fingerprint density at radius 3 is 2.86 bits per heavy atom. The van der Waals surface area contributed by atoms with Gasteiger partial charge >= 0.3 is 0 Å². The van der Waals surface area contributed by atoms with Crippen LogP contribution in [0.2, 0.25) is 0 Å². The zero-order chi connectivity index (χ0) is 10.1. The summed E-state index contributed by atoms with van der Waals surface area (Å²) < 4.78 is 3.70. The Bertz CT molecular complexity index is 460. The summed E-state index contributed by atoms with van der Waals surface area (Å²) >= 11 is 2.08. The maximum Gasteiger partial charge on any atom is 0.299 e. The number of carbonyl (C=O) groups is 1. The molecule has 0 aliphatic carbocycles. The van der Waals surface area contributed by atoms with Crippen LogP contribution in [0.1, 0.15) is 10.5 Å². The van der Waals surface area contributed by atoms with Crippen molar-refractivity contribution in [1.82, 2.24) is 19.6 Å². The Morgan fingerprint density at radius 2 is 2.36 bits per heavy atom. The molecule has 5 nitrogen and oxygen atoms in total. The molecule has 0 amide bonds. The van der Waals surface area contributed by atoms with Gasteiger partial charge in [-0.05, 0) is 28.7 Å². The van der Waals surface area contributed by atoms with Crippen molar-refractivity contribution in [2.24, 2.45) is 7.05 Å². The smallest absolute Gasteiger partial charge is 0.274 e. The molecule has 72 valence electrons. The van der Waals surface area contributed by atoms with E-state index in [1.54, 1.807) is 36.4 Å². The van der Waals surface area contributed by atoms with Crippen LogP contribution in [-0.2, 0) is 7.05 Å². The number of rotatable bonds is 1. The van der Waals surface area contributed by atoms with E-state index in [-0.39, 0.29) is 5.91 Å². The molecule has 2 rings (SSSR count). The number of aryl methyl sites for hydroxylation is 1. The van der Waals surface area contributed by atoms with Crippen molar-refractivity contribution in [3.05, 3.63) is 33.9 Å². The SMILES string of the molecule is Cn1cc(I)c(C(=O)n2cccn2)n1. The Kier molecular flexibility index (Phi) is 2.36. The lowest BCUT2D eigenvalue weighted by molar-refractivity contribution is 0.0938. The van der Waals surface area contributed by atoms with Crippen molar-refractivity contribution in [1.29, 1.82) is 0 Å². The Morgan fingerprint density at radius 1 is 1.57 bits per heavy atom. The predicted octanol–water partition coefficient (Wildman–Crippen LogP) is 0.910. The minimum Gasteiger partial charge on any atom is -0.274 e. The number of nitrogens with zero attached hydrogens (tertiary/aromatic N) is 4. The van der Waals surface area contributed by atoms with Gasteiger partial charge in [0.1, 0.15) is 0 Å². The fourth-order valence-corrected chi connectivity index (χ4v) is 1.84. The molecule has 0 aliphatic heterocycles. The maximum atomic E-state index is 11.8. The normalized spacial score (nSPS) is 10.4. The second-order valence-corrected chi connectivity index (χ2v) is 3.92. The largest absolute Gasteiger partial charge is 0.299 e. The van der Waals surface area contributed by atoms with Crippen LogP contribution in [0.5, 0.6) is 0 Å². The van der Waals surface area contributed by atoms with Crippen LogP contribution in [0.4, 0.5) is 0 Å². The fourth-order valence-electron chi connectivity index (χ4n) is 1.10. The zero-order valence-corrected chi connectivity index (χ0v) is 9.54. The van der Waals surface area contributed by atoms with E-state index in [0.717, 1.165) is 3.57 Å². The van der Waals surface area contributed by atoms with Crippen molar-refractivity contribution in [2.75, 3.05) is 0 Å². The molecule has 0 fully saturated rings. The number of halogens is 1. The standard InChI is InChI=1S/C8H7IN4O/c1-12-5-6(9)7(11-12)8(14)13-4-2-3-10-13/h2-5H,1H3. The topological polar surface area (TPSA) is 52.7 Å². The van der Waals surface area contributed by atoms with E-state index in [4.69, 9.17) is 0 Å². The number of hydrogen-bond donors (Lipinski definition) is 0. The van der Waals surface area contributed by atoms with Crippen LogP contribution in [-0.4, -0.2) is 25.5 Å². The molecule has 0 bridgehead atoms. The van der Waals surface area contributed by atoms with E-state index in [2.05, 4.69) is 32.8 Å². The number of carbonyl (C=O) groups excluding carboxylic acids is 1. The Labute approximate surface area is 93.9 Å². The van der Waals surface area contributed by atoms with Gasteiger partial charge in [0.25, 0.3) is 5.91 Å².